The van der Waals surface area contributed by atoms with Gasteiger partial charge in [-0.1, -0.05) is 26.0 Å². The molecule has 1 aromatic carbocycles. The first-order chi connectivity index (χ1) is 14.7. The molecule has 164 valence electrons. The molecule has 2 aliphatic heterocycles. The van der Waals surface area contributed by atoms with E-state index >= 15 is 0 Å². The van der Waals surface area contributed by atoms with Crippen LogP contribution < -0.4 is 5.32 Å². The third-order valence-electron chi connectivity index (χ3n) is 5.34. The molecule has 0 spiro atoms. The minimum absolute atomic E-state index is 0.0287. The van der Waals surface area contributed by atoms with Gasteiger partial charge in [-0.15, -0.1) is 0 Å². The van der Waals surface area contributed by atoms with Crippen molar-refractivity contribution in [1.29, 1.82) is 0 Å². The molecule has 4 rings (SSSR count). The molecule has 1 aromatic heterocycles. The van der Waals surface area contributed by atoms with Gasteiger partial charge in [0.15, 0.2) is 15.7 Å². The van der Waals surface area contributed by atoms with Crippen LogP contribution in [0.4, 0.5) is 5.69 Å². The van der Waals surface area contributed by atoms with E-state index in [2.05, 4.69) is 25.6 Å². The van der Waals surface area contributed by atoms with Gasteiger partial charge in [0.2, 0.25) is 5.91 Å². The van der Waals surface area contributed by atoms with Crippen LogP contribution in [0, 0.1) is 0 Å². The maximum Gasteiger partial charge on any atom is 0.271 e. The number of H-pyrrole nitrogens is 1. The summed E-state index contributed by atoms with van der Waals surface area (Å²) in [6.07, 6.45) is 0.641. The lowest BCUT2D eigenvalue weighted by Crippen LogP contribution is -2.42. The fourth-order valence-electron chi connectivity index (χ4n) is 3.62. The van der Waals surface area contributed by atoms with Crippen molar-refractivity contribution in [3.63, 3.8) is 0 Å². The molecule has 0 saturated carbocycles. The van der Waals surface area contributed by atoms with Crippen molar-refractivity contribution in [2.75, 3.05) is 16.8 Å². The average molecular weight is 445 g/mol. The molecule has 31 heavy (non-hydrogen) atoms. The van der Waals surface area contributed by atoms with Gasteiger partial charge >= 0.3 is 0 Å². The Balaban J connectivity index is 1.56. The van der Waals surface area contributed by atoms with Gasteiger partial charge < -0.3 is 5.32 Å². The number of hydrazone groups is 1. The maximum absolute atomic E-state index is 12.9. The largest absolute Gasteiger partial charge is 0.320 e. The fourth-order valence-corrected chi connectivity index (χ4v) is 5.31. The quantitative estimate of drug-likeness (QED) is 0.720. The SMILES string of the molecule is CC(C)c1nc(-c2ccccc2NC(=O)C2=NN(C3CCS(=O)(=O)C3)C(=O)CC2)n[nH]1. The third-order valence-corrected chi connectivity index (χ3v) is 7.09. The number of anilines is 1. The molecule has 1 atom stereocenters. The number of rotatable bonds is 5. The van der Waals surface area contributed by atoms with Gasteiger partial charge in [0.05, 0.1) is 23.2 Å². The standard InChI is InChI=1S/C20H24N6O4S/c1-12(2)18-22-19(24-23-18)14-5-3-4-6-15(14)21-20(28)16-7-8-17(27)26(25-16)13-9-10-31(29,30)11-13/h3-6,12-13H,7-11H2,1-2H3,(H,21,28)(H,22,23,24). The lowest BCUT2D eigenvalue weighted by atomic mass is 10.1. The molecular formula is C20H24N6O4S. The lowest BCUT2D eigenvalue weighted by Gasteiger charge is -2.27. The number of carbonyl (C=O) groups excluding carboxylic acids is 2. The summed E-state index contributed by atoms with van der Waals surface area (Å²) >= 11 is 0. The predicted octanol–water partition coefficient (Wildman–Crippen LogP) is 1.70. The first-order valence-electron chi connectivity index (χ1n) is 10.2. The van der Waals surface area contributed by atoms with Crippen molar-refractivity contribution in [2.24, 2.45) is 5.10 Å². The summed E-state index contributed by atoms with van der Waals surface area (Å²) in [5.74, 6) is 0.602. The molecule has 2 aliphatic rings. The van der Waals surface area contributed by atoms with E-state index < -0.39 is 21.8 Å². The van der Waals surface area contributed by atoms with Crippen LogP contribution in [-0.4, -0.2) is 63.7 Å². The monoisotopic (exact) mass is 444 g/mol. The highest BCUT2D eigenvalue weighted by molar-refractivity contribution is 7.91. The number of sulfone groups is 1. The Morgan fingerprint density at radius 3 is 2.71 bits per heavy atom. The van der Waals surface area contributed by atoms with Crippen molar-refractivity contribution in [3.8, 4) is 11.4 Å². The summed E-state index contributed by atoms with van der Waals surface area (Å²) in [5, 5.41) is 15.4. The lowest BCUT2D eigenvalue weighted by molar-refractivity contribution is -0.133. The Kier molecular flexibility index (Phi) is 5.61. The van der Waals surface area contributed by atoms with E-state index in [4.69, 9.17) is 0 Å². The summed E-state index contributed by atoms with van der Waals surface area (Å²) in [6.45, 7) is 4.00. The van der Waals surface area contributed by atoms with E-state index in [-0.39, 0.29) is 41.9 Å². The number of nitrogens with zero attached hydrogens (tertiary/aromatic N) is 4. The second-order valence-electron chi connectivity index (χ2n) is 8.04. The molecule has 0 aliphatic carbocycles. The Morgan fingerprint density at radius 2 is 2.03 bits per heavy atom. The number of para-hydroxylation sites is 1. The summed E-state index contributed by atoms with van der Waals surface area (Å²) in [4.78, 5) is 29.7. The number of nitrogens with one attached hydrogen (secondary N) is 2. The molecule has 3 heterocycles. The van der Waals surface area contributed by atoms with Crippen LogP contribution in [0.5, 0.6) is 0 Å². The van der Waals surface area contributed by atoms with Gasteiger partial charge in [0.25, 0.3) is 5.91 Å². The van der Waals surface area contributed by atoms with Gasteiger partial charge in [-0.25, -0.2) is 18.4 Å². The molecular weight excluding hydrogens is 420 g/mol. The first-order valence-corrected chi connectivity index (χ1v) is 12.0. The highest BCUT2D eigenvalue weighted by Crippen LogP contribution is 2.27. The van der Waals surface area contributed by atoms with E-state index in [1.807, 2.05) is 26.0 Å². The second kappa shape index (κ2) is 8.22. The van der Waals surface area contributed by atoms with Crippen LogP contribution in [0.25, 0.3) is 11.4 Å². The summed E-state index contributed by atoms with van der Waals surface area (Å²) in [7, 11) is -3.18. The predicted molar refractivity (Wildman–Crippen MR) is 115 cm³/mol. The Hall–Kier alpha value is -3.08. The molecule has 11 heteroatoms. The number of carbonyl (C=O) groups is 2. The highest BCUT2D eigenvalue weighted by atomic mass is 32.2. The van der Waals surface area contributed by atoms with Gasteiger partial charge in [0, 0.05) is 24.3 Å². The number of aromatic amines is 1. The molecule has 1 unspecified atom stereocenters. The molecule has 2 amide bonds. The van der Waals surface area contributed by atoms with Crippen LogP contribution >= 0.6 is 0 Å². The molecule has 10 nitrogen and oxygen atoms in total. The van der Waals surface area contributed by atoms with Crippen LogP contribution in [0.15, 0.2) is 29.4 Å². The number of benzene rings is 1. The Labute approximate surface area is 180 Å². The molecule has 1 fully saturated rings. The molecule has 2 N–H and O–H groups in total. The first kappa shape index (κ1) is 21.2. The summed E-state index contributed by atoms with van der Waals surface area (Å²) < 4.78 is 23.6. The van der Waals surface area contributed by atoms with Crippen LogP contribution in [0.1, 0.15) is 44.9 Å². The molecule has 1 saturated heterocycles. The average Bonchev–Trinajstić information content (AvgIpc) is 3.35. The maximum atomic E-state index is 12.9. The molecule has 0 radical (unpaired) electrons. The van der Waals surface area contributed by atoms with Crippen molar-refractivity contribution < 1.29 is 18.0 Å². The van der Waals surface area contributed by atoms with E-state index in [1.165, 1.54) is 5.01 Å². The zero-order chi connectivity index (χ0) is 22.2. The van der Waals surface area contributed by atoms with Crippen LogP contribution in [0.2, 0.25) is 0 Å². The van der Waals surface area contributed by atoms with Crippen molar-refractivity contribution in [3.05, 3.63) is 30.1 Å². The fraction of sp³-hybridized carbons (Fsp3) is 0.450. The molecule has 0 bridgehead atoms. The van der Waals surface area contributed by atoms with Crippen LogP contribution in [-0.2, 0) is 19.4 Å². The van der Waals surface area contributed by atoms with Gasteiger partial charge in [0.1, 0.15) is 11.5 Å². The summed E-state index contributed by atoms with van der Waals surface area (Å²) in [5.41, 5.74) is 1.37. The van der Waals surface area contributed by atoms with Gasteiger partial charge in [-0.3, -0.25) is 14.7 Å². The second-order valence-corrected chi connectivity index (χ2v) is 10.3. The molecule has 2 aromatic rings. The topological polar surface area (TPSA) is 137 Å². The van der Waals surface area contributed by atoms with E-state index in [0.29, 0.717) is 23.5 Å². The minimum atomic E-state index is -3.18. The minimum Gasteiger partial charge on any atom is -0.320 e. The normalized spacial score (nSPS) is 20.7. The van der Waals surface area contributed by atoms with Crippen molar-refractivity contribution in [1.82, 2.24) is 20.2 Å². The van der Waals surface area contributed by atoms with E-state index in [9.17, 15) is 18.0 Å². The number of hydrogen-bond acceptors (Lipinski definition) is 7. The smallest absolute Gasteiger partial charge is 0.271 e. The zero-order valence-electron chi connectivity index (χ0n) is 17.3. The zero-order valence-corrected chi connectivity index (χ0v) is 18.1. The van der Waals surface area contributed by atoms with Crippen LogP contribution in [0.3, 0.4) is 0 Å². The summed E-state index contributed by atoms with van der Waals surface area (Å²) in [6, 6.07) is 6.65. The highest BCUT2D eigenvalue weighted by Gasteiger charge is 2.37. The van der Waals surface area contributed by atoms with Crippen molar-refractivity contribution in [2.45, 2.75) is 45.1 Å². The Morgan fingerprint density at radius 1 is 1.26 bits per heavy atom. The van der Waals surface area contributed by atoms with Gasteiger partial charge in [-0.05, 0) is 18.6 Å². The van der Waals surface area contributed by atoms with Gasteiger partial charge in [-0.2, -0.15) is 10.2 Å². The number of aromatic nitrogens is 3. The third kappa shape index (κ3) is 4.50. The number of hydrogen-bond donors (Lipinski definition) is 2. The van der Waals surface area contributed by atoms with Crippen molar-refractivity contribution >= 4 is 33.1 Å². The number of amides is 2. The van der Waals surface area contributed by atoms with E-state index in [0.717, 1.165) is 5.82 Å². The van der Waals surface area contributed by atoms with E-state index in [1.54, 1.807) is 12.1 Å². The Bertz CT molecular complexity index is 1150.